The van der Waals surface area contributed by atoms with E-state index in [1.54, 1.807) is 6.07 Å². The highest BCUT2D eigenvalue weighted by atomic mass is 32.2. The first kappa shape index (κ1) is 14.5. The number of aliphatic hydroxyl groups is 1. The fraction of sp³-hybridized carbons (Fsp3) is 0.643. The predicted octanol–water partition coefficient (Wildman–Crippen LogP) is 2.14. The molecule has 1 aliphatic rings. The summed E-state index contributed by atoms with van der Waals surface area (Å²) in [4.78, 5) is 12.0. The Kier molecular flexibility index (Phi) is 4.58. The summed E-state index contributed by atoms with van der Waals surface area (Å²) in [7, 11) is 0. The van der Waals surface area contributed by atoms with Crippen LogP contribution >= 0.6 is 11.8 Å². The molecule has 1 saturated heterocycles. The fourth-order valence-electron chi connectivity index (χ4n) is 2.24. The van der Waals surface area contributed by atoms with Gasteiger partial charge in [-0.2, -0.15) is 11.8 Å². The van der Waals surface area contributed by atoms with E-state index in [1.165, 1.54) is 0 Å². The number of aryl methyl sites for hydroxylation is 2. The number of rotatable bonds is 4. The molecule has 2 heterocycles. The zero-order valence-corrected chi connectivity index (χ0v) is 12.3. The molecule has 0 spiro atoms. The summed E-state index contributed by atoms with van der Waals surface area (Å²) < 4.78 is 5.50. The van der Waals surface area contributed by atoms with Crippen LogP contribution in [0.5, 0.6) is 0 Å². The molecule has 1 amide bonds. The second kappa shape index (κ2) is 6.01. The van der Waals surface area contributed by atoms with Crippen molar-refractivity contribution in [1.82, 2.24) is 5.32 Å². The van der Waals surface area contributed by atoms with Gasteiger partial charge in [-0.3, -0.25) is 4.79 Å². The Morgan fingerprint density at radius 3 is 2.79 bits per heavy atom. The predicted molar refractivity (Wildman–Crippen MR) is 76.7 cm³/mol. The number of carbonyl (C=O) groups is 1. The maximum absolute atomic E-state index is 12.0. The molecule has 0 unspecified atom stereocenters. The van der Waals surface area contributed by atoms with Crippen molar-refractivity contribution in [3.8, 4) is 0 Å². The van der Waals surface area contributed by atoms with Gasteiger partial charge >= 0.3 is 0 Å². The molecule has 0 radical (unpaired) electrons. The number of hydrogen-bond donors (Lipinski definition) is 2. The molecule has 0 saturated carbocycles. The average molecular weight is 283 g/mol. The van der Waals surface area contributed by atoms with Crippen molar-refractivity contribution in [2.24, 2.45) is 0 Å². The van der Waals surface area contributed by atoms with Crippen LogP contribution in [0.4, 0.5) is 0 Å². The van der Waals surface area contributed by atoms with E-state index >= 15 is 0 Å². The SMILES string of the molecule is CCc1oc(C(=O)NCC2(O)CCSCC2)cc1C. The highest BCUT2D eigenvalue weighted by Crippen LogP contribution is 2.26. The fourth-order valence-corrected chi connectivity index (χ4v) is 3.50. The van der Waals surface area contributed by atoms with Crippen molar-refractivity contribution in [2.75, 3.05) is 18.1 Å². The molecule has 106 valence electrons. The minimum atomic E-state index is -0.754. The second-order valence-corrected chi connectivity index (χ2v) is 6.31. The smallest absolute Gasteiger partial charge is 0.287 e. The summed E-state index contributed by atoms with van der Waals surface area (Å²) in [5.41, 5.74) is 0.247. The first-order valence-corrected chi connectivity index (χ1v) is 7.87. The van der Waals surface area contributed by atoms with Crippen molar-refractivity contribution in [2.45, 2.75) is 38.7 Å². The number of carbonyl (C=O) groups excluding carboxylic acids is 1. The lowest BCUT2D eigenvalue weighted by Crippen LogP contribution is -2.45. The van der Waals surface area contributed by atoms with E-state index in [0.717, 1.165) is 42.1 Å². The lowest BCUT2D eigenvalue weighted by molar-refractivity contribution is 0.0307. The minimum Gasteiger partial charge on any atom is -0.456 e. The monoisotopic (exact) mass is 283 g/mol. The molecule has 1 aromatic rings. The van der Waals surface area contributed by atoms with E-state index in [-0.39, 0.29) is 5.91 Å². The average Bonchev–Trinajstić information content (AvgIpc) is 2.78. The van der Waals surface area contributed by atoms with Gasteiger partial charge in [0, 0.05) is 13.0 Å². The first-order chi connectivity index (χ1) is 9.04. The number of thioether (sulfide) groups is 1. The highest BCUT2D eigenvalue weighted by Gasteiger charge is 2.30. The van der Waals surface area contributed by atoms with Crippen molar-refractivity contribution in [1.29, 1.82) is 0 Å². The van der Waals surface area contributed by atoms with Crippen molar-refractivity contribution >= 4 is 17.7 Å². The maximum atomic E-state index is 12.0. The Hall–Kier alpha value is -0.940. The van der Waals surface area contributed by atoms with Crippen molar-refractivity contribution in [3.63, 3.8) is 0 Å². The van der Waals surface area contributed by atoms with Crippen molar-refractivity contribution < 1.29 is 14.3 Å². The molecule has 19 heavy (non-hydrogen) atoms. The van der Waals surface area contributed by atoms with E-state index in [4.69, 9.17) is 4.42 Å². The summed E-state index contributed by atoms with van der Waals surface area (Å²) in [6.07, 6.45) is 2.24. The third-order valence-corrected chi connectivity index (χ3v) is 4.55. The number of nitrogens with one attached hydrogen (secondary N) is 1. The first-order valence-electron chi connectivity index (χ1n) is 6.72. The molecule has 1 aliphatic heterocycles. The third kappa shape index (κ3) is 3.54. The Balaban J connectivity index is 1.93. The minimum absolute atomic E-state index is 0.241. The largest absolute Gasteiger partial charge is 0.456 e. The van der Waals surface area contributed by atoms with Gasteiger partial charge in [0.25, 0.3) is 5.91 Å². The molecule has 1 fully saturated rings. The summed E-state index contributed by atoms with van der Waals surface area (Å²) in [5.74, 6) is 2.84. The quantitative estimate of drug-likeness (QED) is 0.888. The van der Waals surface area contributed by atoms with Gasteiger partial charge in [-0.05, 0) is 42.9 Å². The molecule has 2 rings (SSSR count). The molecule has 2 N–H and O–H groups in total. The summed E-state index contributed by atoms with van der Waals surface area (Å²) >= 11 is 1.84. The van der Waals surface area contributed by atoms with Crippen LogP contribution in [0.1, 0.15) is 41.6 Å². The van der Waals surface area contributed by atoms with Crippen LogP contribution in [0, 0.1) is 6.92 Å². The zero-order valence-electron chi connectivity index (χ0n) is 11.5. The van der Waals surface area contributed by atoms with E-state index in [0.29, 0.717) is 12.3 Å². The molecular formula is C14H21NO3S. The molecule has 0 aliphatic carbocycles. The zero-order chi connectivity index (χ0) is 13.9. The normalized spacial score (nSPS) is 18.3. The Morgan fingerprint density at radius 1 is 1.53 bits per heavy atom. The van der Waals surface area contributed by atoms with Gasteiger partial charge in [0.1, 0.15) is 5.76 Å². The van der Waals surface area contributed by atoms with Gasteiger partial charge in [0.15, 0.2) is 5.76 Å². The van der Waals surface area contributed by atoms with Crippen LogP contribution in [0.15, 0.2) is 10.5 Å². The number of hydrogen-bond acceptors (Lipinski definition) is 4. The molecule has 4 nitrogen and oxygen atoms in total. The van der Waals surface area contributed by atoms with E-state index in [1.807, 2.05) is 25.6 Å². The maximum Gasteiger partial charge on any atom is 0.287 e. The van der Waals surface area contributed by atoms with Gasteiger partial charge in [-0.25, -0.2) is 0 Å². The number of amides is 1. The number of furan rings is 1. The summed E-state index contributed by atoms with van der Waals surface area (Å²) in [6, 6.07) is 1.76. The Labute approximate surface area is 117 Å². The molecule has 0 atom stereocenters. The third-order valence-electron chi connectivity index (χ3n) is 3.57. The van der Waals surface area contributed by atoms with E-state index in [2.05, 4.69) is 5.32 Å². The topological polar surface area (TPSA) is 62.5 Å². The van der Waals surface area contributed by atoms with E-state index < -0.39 is 5.60 Å². The van der Waals surface area contributed by atoms with Crippen LogP contribution in [0.3, 0.4) is 0 Å². The Morgan fingerprint density at radius 2 is 2.21 bits per heavy atom. The van der Waals surface area contributed by atoms with Crippen LogP contribution < -0.4 is 5.32 Å². The van der Waals surface area contributed by atoms with Crippen LogP contribution in [-0.4, -0.2) is 34.7 Å². The van der Waals surface area contributed by atoms with Crippen LogP contribution in [-0.2, 0) is 6.42 Å². The molecular weight excluding hydrogens is 262 g/mol. The van der Waals surface area contributed by atoms with Gasteiger partial charge in [-0.15, -0.1) is 0 Å². The van der Waals surface area contributed by atoms with Gasteiger partial charge < -0.3 is 14.8 Å². The second-order valence-electron chi connectivity index (χ2n) is 5.09. The molecule has 5 heteroatoms. The van der Waals surface area contributed by atoms with Crippen LogP contribution in [0.2, 0.25) is 0 Å². The molecule has 0 aromatic carbocycles. The van der Waals surface area contributed by atoms with Gasteiger partial charge in [0.2, 0.25) is 0 Å². The summed E-state index contributed by atoms with van der Waals surface area (Å²) in [6.45, 7) is 4.23. The Bertz CT molecular complexity index is 450. The van der Waals surface area contributed by atoms with Crippen molar-refractivity contribution in [3.05, 3.63) is 23.2 Å². The lowest BCUT2D eigenvalue weighted by Gasteiger charge is -2.31. The molecule has 1 aromatic heterocycles. The van der Waals surface area contributed by atoms with Crippen LogP contribution in [0.25, 0.3) is 0 Å². The highest BCUT2D eigenvalue weighted by molar-refractivity contribution is 7.99. The summed E-state index contributed by atoms with van der Waals surface area (Å²) in [5, 5.41) is 13.1. The van der Waals surface area contributed by atoms with Gasteiger partial charge in [0.05, 0.1) is 5.60 Å². The van der Waals surface area contributed by atoms with E-state index in [9.17, 15) is 9.90 Å². The molecule has 0 bridgehead atoms. The van der Waals surface area contributed by atoms with Gasteiger partial charge in [-0.1, -0.05) is 6.92 Å². The lowest BCUT2D eigenvalue weighted by atomic mass is 9.97. The standard InChI is InChI=1S/C14H21NO3S/c1-3-11-10(2)8-12(18-11)13(16)15-9-14(17)4-6-19-7-5-14/h8,17H,3-7,9H2,1-2H3,(H,15,16).